The van der Waals surface area contributed by atoms with Crippen LogP contribution in [0.2, 0.25) is 0 Å². The molecule has 6 heteroatoms. The Hall–Kier alpha value is -2.55. The number of nitro benzene ring substituents is 1. The summed E-state index contributed by atoms with van der Waals surface area (Å²) >= 11 is 0. The van der Waals surface area contributed by atoms with Crippen LogP contribution in [-0.4, -0.2) is 29.0 Å². The van der Waals surface area contributed by atoms with Gasteiger partial charge < -0.3 is 9.64 Å². The summed E-state index contributed by atoms with van der Waals surface area (Å²) in [4.78, 5) is 23.7. The maximum atomic E-state index is 12.0. The van der Waals surface area contributed by atoms with Crippen LogP contribution < -0.4 is 4.74 Å². The molecule has 110 valence electrons. The standard InChI is InChI=1S/C15H16N2O4/c1-2-3-12-8-10-16(11-9-12)15(18)21-14-6-4-13(5-7-14)17(19)20/h4-7,12H,8-11H2,1H3. The lowest BCUT2D eigenvalue weighted by molar-refractivity contribution is -0.384. The second-order valence-electron chi connectivity index (χ2n) is 4.77. The molecule has 1 amide bonds. The number of nitro groups is 1. The molecule has 1 aliphatic rings. The first-order valence-electron chi connectivity index (χ1n) is 6.73. The van der Waals surface area contributed by atoms with Crippen LogP contribution in [0, 0.1) is 27.9 Å². The molecule has 1 aromatic rings. The zero-order chi connectivity index (χ0) is 15.2. The summed E-state index contributed by atoms with van der Waals surface area (Å²) in [5, 5.41) is 10.5. The number of carbonyl (C=O) groups is 1. The number of carbonyl (C=O) groups excluding carboxylic acids is 1. The summed E-state index contributed by atoms with van der Waals surface area (Å²) in [5.41, 5.74) is -0.0336. The molecule has 0 atom stereocenters. The minimum atomic E-state index is -0.495. The van der Waals surface area contributed by atoms with Crippen molar-refractivity contribution in [3.8, 4) is 17.6 Å². The fourth-order valence-corrected chi connectivity index (χ4v) is 2.21. The molecule has 2 rings (SSSR count). The van der Waals surface area contributed by atoms with Gasteiger partial charge in [-0.15, -0.1) is 11.8 Å². The average Bonchev–Trinajstić information content (AvgIpc) is 2.49. The molecule has 0 radical (unpaired) electrons. The highest BCUT2D eigenvalue weighted by Crippen LogP contribution is 2.20. The van der Waals surface area contributed by atoms with Gasteiger partial charge in [0.05, 0.1) is 4.92 Å². The van der Waals surface area contributed by atoms with Crippen LogP contribution in [0.4, 0.5) is 10.5 Å². The molecule has 0 unspecified atom stereocenters. The first-order chi connectivity index (χ1) is 10.1. The van der Waals surface area contributed by atoms with Gasteiger partial charge in [0.1, 0.15) is 5.75 Å². The molecule has 0 N–H and O–H groups in total. The smallest absolute Gasteiger partial charge is 0.410 e. The highest BCUT2D eigenvalue weighted by Gasteiger charge is 2.23. The lowest BCUT2D eigenvalue weighted by Crippen LogP contribution is -2.39. The second kappa shape index (κ2) is 6.75. The summed E-state index contributed by atoms with van der Waals surface area (Å²) in [6, 6.07) is 5.47. The van der Waals surface area contributed by atoms with Crippen molar-refractivity contribution in [2.75, 3.05) is 13.1 Å². The van der Waals surface area contributed by atoms with Gasteiger partial charge in [-0.05, 0) is 31.9 Å². The van der Waals surface area contributed by atoms with Crippen molar-refractivity contribution in [2.45, 2.75) is 19.8 Å². The Balaban J connectivity index is 1.89. The van der Waals surface area contributed by atoms with Gasteiger partial charge in [-0.2, -0.15) is 0 Å². The van der Waals surface area contributed by atoms with E-state index in [2.05, 4.69) is 11.8 Å². The van der Waals surface area contributed by atoms with Crippen molar-refractivity contribution in [1.29, 1.82) is 0 Å². The lowest BCUT2D eigenvalue weighted by atomic mass is 9.98. The Morgan fingerprint density at radius 3 is 2.48 bits per heavy atom. The number of piperidine rings is 1. The molecule has 6 nitrogen and oxygen atoms in total. The Kier molecular flexibility index (Phi) is 4.77. The van der Waals surface area contributed by atoms with Crippen LogP contribution >= 0.6 is 0 Å². The van der Waals surface area contributed by atoms with E-state index in [4.69, 9.17) is 4.74 Å². The van der Waals surface area contributed by atoms with Gasteiger partial charge in [0.25, 0.3) is 5.69 Å². The average molecular weight is 288 g/mol. The third-order valence-electron chi connectivity index (χ3n) is 3.35. The SMILES string of the molecule is CC#CC1CCN(C(=O)Oc2ccc([N+](=O)[O-])cc2)CC1. The van der Waals surface area contributed by atoms with Crippen LogP contribution in [-0.2, 0) is 0 Å². The molecule has 1 fully saturated rings. The predicted molar refractivity (Wildman–Crippen MR) is 76.9 cm³/mol. The van der Waals surface area contributed by atoms with Gasteiger partial charge in [-0.1, -0.05) is 0 Å². The summed E-state index contributed by atoms with van der Waals surface area (Å²) in [6.07, 6.45) is 1.26. The van der Waals surface area contributed by atoms with E-state index in [-0.39, 0.29) is 5.69 Å². The normalized spacial score (nSPS) is 15.0. The van der Waals surface area contributed by atoms with Crippen LogP contribution in [0.15, 0.2) is 24.3 Å². The summed E-state index contributed by atoms with van der Waals surface area (Å²) < 4.78 is 5.21. The minimum absolute atomic E-state index is 0.0336. The van der Waals surface area contributed by atoms with Gasteiger partial charge in [-0.3, -0.25) is 10.1 Å². The topological polar surface area (TPSA) is 72.7 Å². The maximum Gasteiger partial charge on any atom is 0.415 e. The maximum absolute atomic E-state index is 12.0. The van der Waals surface area contributed by atoms with Crippen molar-refractivity contribution in [3.63, 3.8) is 0 Å². The number of non-ortho nitro benzene ring substituents is 1. The van der Waals surface area contributed by atoms with E-state index in [0.29, 0.717) is 24.8 Å². The monoisotopic (exact) mass is 288 g/mol. The van der Waals surface area contributed by atoms with Crippen molar-refractivity contribution < 1.29 is 14.5 Å². The quantitative estimate of drug-likeness (QED) is 0.476. The van der Waals surface area contributed by atoms with E-state index >= 15 is 0 Å². The van der Waals surface area contributed by atoms with E-state index in [0.717, 1.165) is 12.8 Å². The summed E-state index contributed by atoms with van der Waals surface area (Å²) in [6.45, 7) is 3.05. The summed E-state index contributed by atoms with van der Waals surface area (Å²) in [5.74, 6) is 6.67. The molecule has 0 spiro atoms. The molecule has 0 aromatic heterocycles. The second-order valence-corrected chi connectivity index (χ2v) is 4.77. The van der Waals surface area contributed by atoms with Crippen molar-refractivity contribution in [1.82, 2.24) is 4.90 Å². The molecule has 0 aliphatic carbocycles. The zero-order valence-electron chi connectivity index (χ0n) is 11.7. The summed E-state index contributed by atoms with van der Waals surface area (Å²) in [7, 11) is 0. The van der Waals surface area contributed by atoms with E-state index in [1.54, 1.807) is 4.90 Å². The van der Waals surface area contributed by atoms with Gasteiger partial charge in [0.15, 0.2) is 0 Å². The Morgan fingerprint density at radius 1 is 1.33 bits per heavy atom. The number of nitrogens with zero attached hydrogens (tertiary/aromatic N) is 2. The number of benzene rings is 1. The van der Waals surface area contributed by atoms with Crippen LogP contribution in [0.3, 0.4) is 0 Å². The predicted octanol–water partition coefficient (Wildman–Crippen LogP) is 2.83. The highest BCUT2D eigenvalue weighted by atomic mass is 16.6. The molecule has 21 heavy (non-hydrogen) atoms. The first-order valence-corrected chi connectivity index (χ1v) is 6.73. The van der Waals surface area contributed by atoms with Gasteiger partial charge in [0.2, 0.25) is 0 Å². The molecule has 1 saturated heterocycles. The van der Waals surface area contributed by atoms with Crippen LogP contribution in [0.1, 0.15) is 19.8 Å². The van der Waals surface area contributed by atoms with E-state index in [1.807, 2.05) is 6.92 Å². The Morgan fingerprint density at radius 2 is 1.95 bits per heavy atom. The van der Waals surface area contributed by atoms with Crippen LogP contribution in [0.5, 0.6) is 5.75 Å². The number of ether oxygens (including phenoxy) is 1. The molecule has 0 bridgehead atoms. The third-order valence-corrected chi connectivity index (χ3v) is 3.35. The molecule has 1 aliphatic heterocycles. The van der Waals surface area contributed by atoms with E-state index in [1.165, 1.54) is 24.3 Å². The molecular weight excluding hydrogens is 272 g/mol. The minimum Gasteiger partial charge on any atom is -0.410 e. The number of likely N-dealkylation sites (tertiary alicyclic amines) is 1. The Labute approximate surface area is 122 Å². The third kappa shape index (κ3) is 3.96. The number of rotatable bonds is 2. The zero-order valence-corrected chi connectivity index (χ0v) is 11.7. The van der Waals surface area contributed by atoms with Crippen molar-refractivity contribution >= 4 is 11.8 Å². The van der Waals surface area contributed by atoms with Crippen molar-refractivity contribution in [3.05, 3.63) is 34.4 Å². The fourth-order valence-electron chi connectivity index (χ4n) is 2.21. The molecule has 1 heterocycles. The van der Waals surface area contributed by atoms with Gasteiger partial charge >= 0.3 is 6.09 Å². The molecule has 1 aromatic carbocycles. The largest absolute Gasteiger partial charge is 0.415 e. The fraction of sp³-hybridized carbons (Fsp3) is 0.400. The van der Waals surface area contributed by atoms with E-state index in [9.17, 15) is 14.9 Å². The van der Waals surface area contributed by atoms with Gasteiger partial charge in [-0.25, -0.2) is 4.79 Å². The van der Waals surface area contributed by atoms with Crippen molar-refractivity contribution in [2.24, 2.45) is 5.92 Å². The van der Waals surface area contributed by atoms with Gasteiger partial charge in [0, 0.05) is 31.1 Å². The number of amides is 1. The number of hydrogen-bond acceptors (Lipinski definition) is 4. The van der Waals surface area contributed by atoms with Crippen LogP contribution in [0.25, 0.3) is 0 Å². The van der Waals surface area contributed by atoms with E-state index < -0.39 is 11.0 Å². The highest BCUT2D eigenvalue weighted by molar-refractivity contribution is 5.70. The lowest BCUT2D eigenvalue weighted by Gasteiger charge is -2.28. The number of hydrogen-bond donors (Lipinski definition) is 0. The first kappa shape index (κ1) is 14.9. The molecule has 0 saturated carbocycles. The molecular formula is C15H16N2O4. The Bertz CT molecular complexity index is 578.